The van der Waals surface area contributed by atoms with Crippen LogP contribution in [0.2, 0.25) is 0 Å². The zero-order chi connectivity index (χ0) is 23.3. The maximum Gasteiger partial charge on any atom is 0.321 e. The lowest BCUT2D eigenvalue weighted by atomic mass is 9.73. The normalized spacial score (nSPS) is 30.3. The number of fused-ring (bicyclic) bond motifs is 2. The standard InChI is InChI=1S/C27H40NO3P/c1-18-9-10-20-21-16-19(2)17-23(26(3,4)5)24(21)30-32(28-11-13-29-14-12-28)31-25(22(20)15-18)27(6,7)8/h15-17,24H,9-14H2,1-8H3/b21-20-,25-22?. The summed E-state index contributed by atoms with van der Waals surface area (Å²) in [6, 6.07) is 0. The van der Waals surface area contributed by atoms with E-state index in [1.807, 2.05) is 0 Å². The quantitative estimate of drug-likeness (QED) is 0.389. The Bertz CT molecular complexity index is 918. The first kappa shape index (κ1) is 24.0. The predicted molar refractivity (Wildman–Crippen MR) is 133 cm³/mol. The van der Waals surface area contributed by atoms with Gasteiger partial charge in [0.25, 0.3) is 0 Å². The molecule has 5 heteroatoms. The van der Waals surface area contributed by atoms with E-state index >= 15 is 0 Å². The van der Waals surface area contributed by atoms with E-state index in [1.165, 1.54) is 33.4 Å². The van der Waals surface area contributed by atoms with Gasteiger partial charge in [-0.2, -0.15) is 0 Å². The summed E-state index contributed by atoms with van der Waals surface area (Å²) in [4.78, 5) is 0. The van der Waals surface area contributed by atoms with Crippen LogP contribution in [-0.4, -0.2) is 37.1 Å². The number of hydrogen-bond acceptors (Lipinski definition) is 4. The van der Waals surface area contributed by atoms with Crippen LogP contribution in [0.5, 0.6) is 0 Å². The highest BCUT2D eigenvalue weighted by molar-refractivity contribution is 7.44. The van der Waals surface area contributed by atoms with Crippen molar-refractivity contribution in [2.75, 3.05) is 26.3 Å². The fourth-order valence-electron chi connectivity index (χ4n) is 4.81. The summed E-state index contributed by atoms with van der Waals surface area (Å²) in [6.45, 7) is 21.2. The second-order valence-electron chi connectivity index (χ2n) is 11.5. The SMILES string of the molecule is CC1=C/C2=C3\CCC(C)=CC3=C(C(C)(C)C)OP(N3CCOCC3)OC2C(C(C)(C)C)=C1. The molecule has 0 aromatic rings. The highest BCUT2D eigenvalue weighted by Gasteiger charge is 2.42. The van der Waals surface area contributed by atoms with Crippen LogP contribution < -0.4 is 0 Å². The molecule has 0 aromatic heterocycles. The van der Waals surface area contributed by atoms with Crippen molar-refractivity contribution in [2.45, 2.75) is 74.3 Å². The van der Waals surface area contributed by atoms with Crippen molar-refractivity contribution in [3.63, 3.8) is 0 Å². The molecule has 0 saturated carbocycles. The van der Waals surface area contributed by atoms with Crippen molar-refractivity contribution in [1.29, 1.82) is 0 Å². The molecule has 0 aromatic carbocycles. The predicted octanol–water partition coefficient (Wildman–Crippen LogP) is 7.23. The van der Waals surface area contributed by atoms with Crippen molar-refractivity contribution >= 4 is 8.53 Å². The third kappa shape index (κ3) is 4.85. The van der Waals surface area contributed by atoms with Crippen molar-refractivity contribution in [3.8, 4) is 0 Å². The topological polar surface area (TPSA) is 30.9 Å². The summed E-state index contributed by atoms with van der Waals surface area (Å²) in [6.07, 6.45) is 9.12. The zero-order valence-corrected chi connectivity index (χ0v) is 22.1. The smallest absolute Gasteiger partial charge is 0.321 e. The number of nitrogens with zero attached hydrogens (tertiary/aromatic N) is 1. The molecule has 0 bridgehead atoms. The maximum absolute atomic E-state index is 7.01. The highest BCUT2D eigenvalue weighted by atomic mass is 31.2. The summed E-state index contributed by atoms with van der Waals surface area (Å²) in [7, 11) is -1.25. The Morgan fingerprint density at radius 2 is 1.59 bits per heavy atom. The minimum Gasteiger partial charge on any atom is -0.439 e. The summed E-state index contributed by atoms with van der Waals surface area (Å²) in [5, 5.41) is 0. The van der Waals surface area contributed by atoms with Gasteiger partial charge >= 0.3 is 8.53 Å². The van der Waals surface area contributed by atoms with E-state index in [0.29, 0.717) is 0 Å². The van der Waals surface area contributed by atoms with Crippen LogP contribution in [0.1, 0.15) is 68.2 Å². The van der Waals surface area contributed by atoms with Gasteiger partial charge in [0, 0.05) is 24.1 Å². The van der Waals surface area contributed by atoms with Gasteiger partial charge in [0.05, 0.1) is 13.2 Å². The van der Waals surface area contributed by atoms with Gasteiger partial charge in [-0.05, 0) is 48.8 Å². The molecule has 2 unspecified atom stereocenters. The van der Waals surface area contributed by atoms with Crippen LogP contribution in [0.25, 0.3) is 0 Å². The van der Waals surface area contributed by atoms with Gasteiger partial charge in [0.2, 0.25) is 0 Å². The van der Waals surface area contributed by atoms with Crippen molar-refractivity contribution in [3.05, 3.63) is 57.4 Å². The van der Waals surface area contributed by atoms with Gasteiger partial charge < -0.3 is 9.26 Å². The summed E-state index contributed by atoms with van der Waals surface area (Å²) < 4.78 is 21.9. The van der Waals surface area contributed by atoms with E-state index < -0.39 is 8.53 Å². The largest absolute Gasteiger partial charge is 0.439 e. The van der Waals surface area contributed by atoms with Crippen LogP contribution in [0.15, 0.2) is 57.4 Å². The molecule has 0 radical (unpaired) electrons. The molecule has 2 atom stereocenters. The van der Waals surface area contributed by atoms with E-state index in [4.69, 9.17) is 13.8 Å². The molecule has 32 heavy (non-hydrogen) atoms. The van der Waals surface area contributed by atoms with Crippen LogP contribution in [0, 0.1) is 10.8 Å². The third-order valence-corrected chi connectivity index (χ3v) is 8.13. The molecule has 2 aliphatic heterocycles. The second kappa shape index (κ2) is 8.87. The van der Waals surface area contributed by atoms with Crippen molar-refractivity contribution < 1.29 is 13.8 Å². The Labute approximate surface area is 196 Å². The van der Waals surface area contributed by atoms with Gasteiger partial charge in [-0.25, -0.2) is 4.67 Å². The molecular weight excluding hydrogens is 417 g/mol. The van der Waals surface area contributed by atoms with E-state index in [9.17, 15) is 0 Å². The number of hydrogen-bond donors (Lipinski definition) is 0. The molecule has 0 N–H and O–H groups in total. The van der Waals surface area contributed by atoms with E-state index in [-0.39, 0.29) is 16.9 Å². The zero-order valence-electron chi connectivity index (χ0n) is 21.2. The van der Waals surface area contributed by atoms with Gasteiger partial charge in [-0.3, -0.25) is 4.52 Å². The van der Waals surface area contributed by atoms with Crippen LogP contribution >= 0.6 is 8.53 Å². The summed E-state index contributed by atoms with van der Waals surface area (Å²) in [5.74, 6) is 1.06. The maximum atomic E-state index is 7.01. The van der Waals surface area contributed by atoms with Gasteiger partial charge in [0.1, 0.15) is 11.9 Å². The molecule has 4 nitrogen and oxygen atoms in total. The van der Waals surface area contributed by atoms with E-state index in [2.05, 4.69) is 78.3 Å². The monoisotopic (exact) mass is 457 g/mol. The van der Waals surface area contributed by atoms with Crippen LogP contribution in [0.4, 0.5) is 0 Å². The number of rotatable bonds is 1. The molecule has 2 heterocycles. The lowest BCUT2D eigenvalue weighted by Gasteiger charge is -2.43. The Morgan fingerprint density at radius 3 is 2.22 bits per heavy atom. The molecule has 4 aliphatic rings. The molecule has 1 fully saturated rings. The fourth-order valence-corrected chi connectivity index (χ4v) is 6.52. The second-order valence-corrected chi connectivity index (χ2v) is 13.0. The van der Waals surface area contributed by atoms with Gasteiger partial charge in [0.15, 0.2) is 0 Å². The molecule has 1 saturated heterocycles. The summed E-state index contributed by atoms with van der Waals surface area (Å²) in [5.41, 5.74) is 7.97. The first-order chi connectivity index (χ1) is 14.9. The highest BCUT2D eigenvalue weighted by Crippen LogP contribution is 2.56. The van der Waals surface area contributed by atoms with Gasteiger partial charge in [-0.15, -0.1) is 0 Å². The lowest BCUT2D eigenvalue weighted by Crippen LogP contribution is -2.37. The Hall–Kier alpha value is -1.19. The van der Waals surface area contributed by atoms with Crippen molar-refractivity contribution in [2.24, 2.45) is 10.8 Å². The minimum absolute atomic E-state index is 0.00830. The van der Waals surface area contributed by atoms with E-state index in [0.717, 1.165) is 44.9 Å². The number of ether oxygens (including phenoxy) is 1. The van der Waals surface area contributed by atoms with Crippen LogP contribution in [-0.2, 0) is 13.8 Å². The molecule has 0 amide bonds. The van der Waals surface area contributed by atoms with Crippen molar-refractivity contribution in [1.82, 2.24) is 4.67 Å². The minimum atomic E-state index is -1.25. The Balaban J connectivity index is 1.95. The average molecular weight is 458 g/mol. The van der Waals surface area contributed by atoms with Crippen LogP contribution in [0.3, 0.4) is 0 Å². The third-order valence-electron chi connectivity index (χ3n) is 6.54. The first-order valence-electron chi connectivity index (χ1n) is 12.0. The average Bonchev–Trinajstić information content (AvgIpc) is 2.69. The summed E-state index contributed by atoms with van der Waals surface area (Å²) >= 11 is 0. The number of morpholine rings is 1. The molecule has 176 valence electrons. The Morgan fingerprint density at radius 1 is 0.906 bits per heavy atom. The lowest BCUT2D eigenvalue weighted by molar-refractivity contribution is 0.0584. The van der Waals surface area contributed by atoms with Gasteiger partial charge in [-0.1, -0.05) is 70.9 Å². The number of allylic oxidation sites excluding steroid dienone is 7. The molecular formula is C27H40NO3P. The molecule has 0 spiro atoms. The molecule has 4 rings (SSSR count). The fraction of sp³-hybridized carbons (Fsp3) is 0.630. The Kier molecular flexibility index (Phi) is 6.64. The molecule has 2 aliphatic carbocycles. The van der Waals surface area contributed by atoms with E-state index in [1.54, 1.807) is 0 Å². The first-order valence-corrected chi connectivity index (χ1v) is 13.1.